The number of furan rings is 1. The van der Waals surface area contributed by atoms with Crippen molar-refractivity contribution in [3.8, 4) is 0 Å². The Bertz CT molecular complexity index is 714. The minimum atomic E-state index is 0.0191. The molecule has 0 saturated carbocycles. The fourth-order valence-electron chi connectivity index (χ4n) is 3.70. The smallest absolute Gasteiger partial charge is 0.318 e. The summed E-state index contributed by atoms with van der Waals surface area (Å²) in [5.74, 6) is 1.90. The number of aromatic nitrogens is 2. The Morgan fingerprint density at radius 2 is 2.24 bits per heavy atom. The normalized spacial score (nSPS) is 18.6. The first-order chi connectivity index (χ1) is 12.0. The van der Waals surface area contributed by atoms with Gasteiger partial charge in [-0.1, -0.05) is 0 Å². The predicted octanol–water partition coefficient (Wildman–Crippen LogP) is 3.80. The summed E-state index contributed by atoms with van der Waals surface area (Å²) in [4.78, 5) is 14.7. The van der Waals surface area contributed by atoms with E-state index in [4.69, 9.17) is 4.42 Å². The van der Waals surface area contributed by atoms with Crippen LogP contribution < -0.4 is 5.32 Å². The molecule has 1 aliphatic heterocycles. The molecule has 2 amide bonds. The lowest BCUT2D eigenvalue weighted by molar-refractivity contribution is 0.188. The number of hydrogen-bond acceptors (Lipinski definition) is 3. The van der Waals surface area contributed by atoms with Crippen LogP contribution in [0.15, 0.2) is 16.5 Å². The van der Waals surface area contributed by atoms with Gasteiger partial charge in [-0.2, -0.15) is 5.10 Å². The van der Waals surface area contributed by atoms with Gasteiger partial charge in [-0.25, -0.2) is 4.79 Å². The molecular weight excluding hydrogens is 316 g/mol. The number of nitrogens with one attached hydrogen (secondary N) is 2. The highest BCUT2D eigenvalue weighted by molar-refractivity contribution is 5.75. The lowest BCUT2D eigenvalue weighted by Gasteiger charge is -2.27. The Labute approximate surface area is 149 Å². The van der Waals surface area contributed by atoms with E-state index in [1.165, 1.54) is 5.56 Å². The van der Waals surface area contributed by atoms with Crippen molar-refractivity contribution in [2.24, 2.45) is 0 Å². The largest absolute Gasteiger partial charge is 0.466 e. The van der Waals surface area contributed by atoms with Gasteiger partial charge in [0.05, 0.1) is 11.7 Å². The van der Waals surface area contributed by atoms with Crippen LogP contribution in [0.1, 0.15) is 60.7 Å². The summed E-state index contributed by atoms with van der Waals surface area (Å²) in [6, 6.07) is 4.23. The van der Waals surface area contributed by atoms with Crippen LogP contribution >= 0.6 is 0 Å². The van der Waals surface area contributed by atoms with Gasteiger partial charge in [0.15, 0.2) is 0 Å². The zero-order valence-electron chi connectivity index (χ0n) is 15.6. The van der Waals surface area contributed by atoms with Crippen molar-refractivity contribution in [2.75, 3.05) is 6.54 Å². The van der Waals surface area contributed by atoms with Crippen LogP contribution in [0.4, 0.5) is 4.79 Å². The van der Waals surface area contributed by atoms with Crippen LogP contribution in [0.5, 0.6) is 0 Å². The topological polar surface area (TPSA) is 74.2 Å². The second-order valence-corrected chi connectivity index (χ2v) is 7.10. The van der Waals surface area contributed by atoms with E-state index in [0.717, 1.165) is 55.1 Å². The van der Waals surface area contributed by atoms with Crippen LogP contribution in [-0.4, -0.2) is 33.7 Å². The highest BCUT2D eigenvalue weighted by Crippen LogP contribution is 2.34. The number of urea groups is 1. The van der Waals surface area contributed by atoms with Gasteiger partial charge in [0.1, 0.15) is 11.5 Å². The molecule has 6 nitrogen and oxygen atoms in total. The number of hydrogen-bond donors (Lipinski definition) is 2. The number of likely N-dealkylation sites (tertiary alicyclic amines) is 1. The molecule has 6 heteroatoms. The van der Waals surface area contributed by atoms with Gasteiger partial charge in [-0.15, -0.1) is 0 Å². The van der Waals surface area contributed by atoms with E-state index in [9.17, 15) is 4.79 Å². The number of H-pyrrole nitrogens is 1. The highest BCUT2D eigenvalue weighted by atomic mass is 16.3. The third-order valence-electron chi connectivity index (χ3n) is 5.02. The number of aromatic amines is 1. The highest BCUT2D eigenvalue weighted by Gasteiger charge is 2.33. The average Bonchev–Trinajstić information content (AvgIpc) is 3.26. The van der Waals surface area contributed by atoms with Crippen molar-refractivity contribution >= 4 is 6.03 Å². The van der Waals surface area contributed by atoms with Gasteiger partial charge in [0.25, 0.3) is 0 Å². The summed E-state index contributed by atoms with van der Waals surface area (Å²) in [5.41, 5.74) is 3.22. The Balaban J connectivity index is 1.58. The number of carbonyl (C=O) groups is 1. The molecule has 2 atom stereocenters. The third-order valence-corrected chi connectivity index (χ3v) is 5.02. The van der Waals surface area contributed by atoms with E-state index in [0.29, 0.717) is 0 Å². The average molecular weight is 344 g/mol. The first-order valence-electron chi connectivity index (χ1n) is 9.09. The SMILES string of the molecule is Cc1ccc(CCC(C)NC(=O)N2CCCC2c2c(C)n[nH]c2C)o1. The Kier molecular flexibility index (Phi) is 5.16. The van der Waals surface area contributed by atoms with Crippen molar-refractivity contribution in [3.05, 3.63) is 40.6 Å². The Morgan fingerprint density at radius 1 is 1.44 bits per heavy atom. The molecule has 0 bridgehead atoms. The first kappa shape index (κ1) is 17.6. The van der Waals surface area contributed by atoms with Crippen LogP contribution in [0.2, 0.25) is 0 Å². The summed E-state index contributed by atoms with van der Waals surface area (Å²) in [5, 5.41) is 10.5. The maximum absolute atomic E-state index is 12.8. The Morgan fingerprint density at radius 3 is 2.88 bits per heavy atom. The molecule has 0 radical (unpaired) electrons. The zero-order chi connectivity index (χ0) is 18.0. The second kappa shape index (κ2) is 7.33. The fourth-order valence-corrected chi connectivity index (χ4v) is 3.70. The summed E-state index contributed by atoms with van der Waals surface area (Å²) >= 11 is 0. The quantitative estimate of drug-likeness (QED) is 0.866. The molecule has 2 unspecified atom stereocenters. The number of nitrogens with zero attached hydrogens (tertiary/aromatic N) is 2. The molecule has 3 rings (SSSR count). The summed E-state index contributed by atoms with van der Waals surface area (Å²) in [6.07, 6.45) is 3.72. The van der Waals surface area contributed by atoms with E-state index in [1.54, 1.807) is 0 Å². The minimum Gasteiger partial charge on any atom is -0.466 e. The van der Waals surface area contributed by atoms with Gasteiger partial charge in [-0.05, 0) is 59.1 Å². The molecule has 2 N–H and O–H groups in total. The van der Waals surface area contributed by atoms with Crippen LogP contribution in [0, 0.1) is 20.8 Å². The third kappa shape index (κ3) is 3.89. The van der Waals surface area contributed by atoms with Crippen molar-refractivity contribution in [1.29, 1.82) is 0 Å². The molecular formula is C19H28N4O2. The van der Waals surface area contributed by atoms with Crippen molar-refractivity contribution in [2.45, 2.75) is 65.5 Å². The molecule has 1 fully saturated rings. The molecule has 136 valence electrons. The van der Waals surface area contributed by atoms with Gasteiger partial charge in [-0.3, -0.25) is 5.10 Å². The summed E-state index contributed by atoms with van der Waals surface area (Å²) in [6.45, 7) is 8.82. The van der Waals surface area contributed by atoms with Crippen LogP contribution in [-0.2, 0) is 6.42 Å². The maximum Gasteiger partial charge on any atom is 0.318 e. The van der Waals surface area contributed by atoms with E-state index < -0.39 is 0 Å². The van der Waals surface area contributed by atoms with E-state index in [2.05, 4.69) is 15.5 Å². The molecule has 1 aliphatic rings. The van der Waals surface area contributed by atoms with Gasteiger partial charge >= 0.3 is 6.03 Å². The van der Waals surface area contributed by atoms with Crippen LogP contribution in [0.3, 0.4) is 0 Å². The minimum absolute atomic E-state index is 0.0191. The zero-order valence-corrected chi connectivity index (χ0v) is 15.6. The lowest BCUT2D eigenvalue weighted by atomic mass is 10.0. The molecule has 1 saturated heterocycles. The van der Waals surface area contributed by atoms with Crippen molar-refractivity contribution in [3.63, 3.8) is 0 Å². The molecule has 0 aliphatic carbocycles. The lowest BCUT2D eigenvalue weighted by Crippen LogP contribution is -2.43. The van der Waals surface area contributed by atoms with Crippen LogP contribution in [0.25, 0.3) is 0 Å². The standard InChI is InChI=1S/C19H28N4O2/c1-12(7-9-16-10-8-13(2)25-16)20-19(24)23-11-5-6-17(23)18-14(3)21-22-15(18)4/h8,10,12,17H,5-7,9,11H2,1-4H3,(H,20,24)(H,21,22). The maximum atomic E-state index is 12.8. The molecule has 3 heterocycles. The number of aryl methyl sites for hydroxylation is 4. The first-order valence-corrected chi connectivity index (χ1v) is 9.09. The van der Waals surface area contributed by atoms with E-state index >= 15 is 0 Å². The van der Waals surface area contributed by atoms with Gasteiger partial charge in [0.2, 0.25) is 0 Å². The van der Waals surface area contributed by atoms with Gasteiger partial charge < -0.3 is 14.6 Å². The van der Waals surface area contributed by atoms with Gasteiger partial charge in [0, 0.05) is 30.3 Å². The fraction of sp³-hybridized carbons (Fsp3) is 0.579. The number of carbonyl (C=O) groups excluding carboxylic acids is 1. The summed E-state index contributed by atoms with van der Waals surface area (Å²) in [7, 11) is 0. The molecule has 2 aromatic heterocycles. The number of rotatable bonds is 5. The summed E-state index contributed by atoms with van der Waals surface area (Å²) < 4.78 is 5.60. The second-order valence-electron chi connectivity index (χ2n) is 7.10. The van der Waals surface area contributed by atoms with Crippen molar-refractivity contribution in [1.82, 2.24) is 20.4 Å². The number of amides is 2. The molecule has 0 spiro atoms. The van der Waals surface area contributed by atoms with Crippen molar-refractivity contribution < 1.29 is 9.21 Å². The molecule has 2 aromatic rings. The monoisotopic (exact) mass is 344 g/mol. The predicted molar refractivity (Wildman–Crippen MR) is 96.5 cm³/mol. The van der Waals surface area contributed by atoms with E-state index in [1.807, 2.05) is 44.7 Å². The van der Waals surface area contributed by atoms with E-state index in [-0.39, 0.29) is 18.1 Å². The molecule has 0 aromatic carbocycles. The Hall–Kier alpha value is -2.24. The molecule has 25 heavy (non-hydrogen) atoms.